The second kappa shape index (κ2) is 19.3. The van der Waals surface area contributed by atoms with Crippen LogP contribution in [0, 0.1) is 22.2 Å². The molecule has 0 aliphatic carbocycles. The summed E-state index contributed by atoms with van der Waals surface area (Å²) >= 11 is 0. The Kier molecular flexibility index (Phi) is 18.9. The topological polar surface area (TPSA) is 0 Å². The van der Waals surface area contributed by atoms with Crippen molar-refractivity contribution < 1.29 is 0 Å². The van der Waals surface area contributed by atoms with Gasteiger partial charge in [-0.2, -0.15) is 0 Å². The zero-order valence-electron chi connectivity index (χ0n) is 27.6. The van der Waals surface area contributed by atoms with E-state index in [-0.39, 0.29) is 0 Å². The van der Waals surface area contributed by atoms with Crippen molar-refractivity contribution in [1.29, 1.82) is 0 Å². The zero-order chi connectivity index (χ0) is 28.4. The van der Waals surface area contributed by atoms with Gasteiger partial charge < -0.3 is 0 Å². The quantitative estimate of drug-likeness (QED) is 0.161. The number of hydrogen-bond acceptors (Lipinski definition) is 0. The van der Waals surface area contributed by atoms with Crippen LogP contribution in [0.25, 0.3) is 0 Å². The van der Waals surface area contributed by atoms with Crippen molar-refractivity contribution in [3.63, 3.8) is 0 Å². The Morgan fingerprint density at radius 3 is 1.54 bits per heavy atom. The Morgan fingerprint density at radius 2 is 1.05 bits per heavy atom. The maximum atomic E-state index is 2.53. The Bertz CT molecular complexity index is 635. The van der Waals surface area contributed by atoms with Gasteiger partial charge in [0.05, 0.1) is 0 Å². The van der Waals surface area contributed by atoms with Gasteiger partial charge in [-0.1, -0.05) is 171 Å². The molecule has 1 rings (SSSR count). The average Bonchev–Trinajstić information content (AvgIpc) is 2.84. The smallest absolute Gasteiger partial charge is 0.0113 e. The molecule has 0 nitrogen and oxygen atoms in total. The molecule has 0 fully saturated rings. The number of hydrogen-bond donors (Lipinski definition) is 0. The first-order valence-electron chi connectivity index (χ1n) is 16.5. The average molecular weight is 515 g/mol. The summed E-state index contributed by atoms with van der Waals surface area (Å²) in [6.45, 7) is 26.4. The van der Waals surface area contributed by atoms with Gasteiger partial charge in [-0.15, -0.1) is 0 Å². The molecule has 1 aromatic carbocycles. The molecular formula is C37H70. The monoisotopic (exact) mass is 515 g/mol. The third-order valence-corrected chi connectivity index (χ3v) is 9.05. The largest absolute Gasteiger partial charge is 0.0656 e. The highest BCUT2D eigenvalue weighted by atomic mass is 14.4. The fourth-order valence-corrected chi connectivity index (χ4v) is 6.57. The molecule has 37 heavy (non-hydrogen) atoms. The van der Waals surface area contributed by atoms with E-state index < -0.39 is 0 Å². The number of rotatable bonds is 19. The highest BCUT2D eigenvalue weighted by Crippen LogP contribution is 2.44. The van der Waals surface area contributed by atoms with Gasteiger partial charge in [-0.25, -0.2) is 0 Å². The van der Waals surface area contributed by atoms with E-state index in [1.807, 2.05) is 0 Å². The third-order valence-electron chi connectivity index (χ3n) is 9.05. The van der Waals surface area contributed by atoms with Crippen molar-refractivity contribution in [2.24, 2.45) is 22.2 Å². The Labute approximate surface area is 236 Å². The van der Waals surface area contributed by atoms with Gasteiger partial charge in [0.2, 0.25) is 0 Å². The van der Waals surface area contributed by atoms with Crippen molar-refractivity contribution >= 4 is 0 Å². The van der Waals surface area contributed by atoms with E-state index in [0.29, 0.717) is 22.2 Å². The van der Waals surface area contributed by atoms with Crippen LogP contribution in [-0.2, 0) is 0 Å². The first kappa shape index (κ1) is 36.2. The van der Waals surface area contributed by atoms with Crippen LogP contribution in [0.2, 0.25) is 0 Å². The third kappa shape index (κ3) is 15.4. The standard InChI is InChI=1S/C34H62.C3H8/c1-10-13-26-33(6,7)30(11-2)28-32(4,5)25-21-16-14-15-17-22-27-34(8,9)31(12-3)29-23-19-18-20-24-29;1-3-2/h18-20,23-24,30-31H,10-17,21-22,25-28H2,1-9H3;3H2,1-2H3. The van der Waals surface area contributed by atoms with Crippen LogP contribution >= 0.6 is 0 Å². The predicted octanol–water partition coefficient (Wildman–Crippen LogP) is 13.4. The Hall–Kier alpha value is -0.780. The van der Waals surface area contributed by atoms with Crippen molar-refractivity contribution in [1.82, 2.24) is 0 Å². The van der Waals surface area contributed by atoms with E-state index in [4.69, 9.17) is 0 Å². The van der Waals surface area contributed by atoms with Crippen LogP contribution < -0.4 is 0 Å². The maximum Gasteiger partial charge on any atom is -0.0113 e. The molecule has 0 saturated heterocycles. The number of benzene rings is 1. The molecule has 0 radical (unpaired) electrons. The summed E-state index contributed by atoms with van der Waals surface area (Å²) in [6.07, 6.45) is 20.5. The van der Waals surface area contributed by atoms with Gasteiger partial charge in [0.1, 0.15) is 0 Å². The first-order chi connectivity index (χ1) is 17.4. The molecule has 0 bridgehead atoms. The van der Waals surface area contributed by atoms with Crippen molar-refractivity contribution in [3.8, 4) is 0 Å². The van der Waals surface area contributed by atoms with Gasteiger partial charge in [-0.3, -0.25) is 0 Å². The lowest BCUT2D eigenvalue weighted by Gasteiger charge is -2.39. The van der Waals surface area contributed by atoms with E-state index in [9.17, 15) is 0 Å². The van der Waals surface area contributed by atoms with Crippen LogP contribution in [0.15, 0.2) is 30.3 Å². The molecule has 2 unspecified atom stereocenters. The van der Waals surface area contributed by atoms with Crippen LogP contribution in [0.5, 0.6) is 0 Å². The van der Waals surface area contributed by atoms with Gasteiger partial charge in [-0.05, 0) is 65.7 Å². The minimum Gasteiger partial charge on any atom is -0.0656 e. The van der Waals surface area contributed by atoms with Crippen LogP contribution in [0.4, 0.5) is 0 Å². The molecule has 0 aliphatic heterocycles. The van der Waals surface area contributed by atoms with Gasteiger partial charge >= 0.3 is 0 Å². The zero-order valence-corrected chi connectivity index (χ0v) is 27.6. The summed E-state index contributed by atoms with van der Waals surface area (Å²) in [5.74, 6) is 1.54. The van der Waals surface area contributed by atoms with Gasteiger partial charge in [0, 0.05) is 0 Å². The molecule has 2 atom stereocenters. The van der Waals surface area contributed by atoms with E-state index in [1.54, 1.807) is 0 Å². The van der Waals surface area contributed by atoms with Crippen LogP contribution in [0.3, 0.4) is 0 Å². The maximum absolute atomic E-state index is 2.53. The van der Waals surface area contributed by atoms with Gasteiger partial charge in [0.15, 0.2) is 0 Å². The molecule has 218 valence electrons. The van der Waals surface area contributed by atoms with E-state index in [0.717, 1.165) is 5.92 Å². The molecule has 0 heteroatoms. The fraction of sp³-hybridized carbons (Fsp3) is 0.838. The SMILES string of the molecule is CCC.CCCCC(C)(C)C(CC)CC(C)(C)CCCCCCCCC(C)(C)C(CC)c1ccccc1. The molecule has 0 spiro atoms. The van der Waals surface area contributed by atoms with E-state index in [2.05, 4.69) is 106 Å². The van der Waals surface area contributed by atoms with Crippen LogP contribution in [0.1, 0.15) is 184 Å². The molecule has 0 amide bonds. The normalized spacial score (nSPS) is 14.1. The lowest BCUT2D eigenvalue weighted by molar-refractivity contribution is 0.115. The minimum atomic E-state index is 0.390. The molecule has 0 aromatic heterocycles. The fourth-order valence-electron chi connectivity index (χ4n) is 6.57. The highest BCUT2D eigenvalue weighted by molar-refractivity contribution is 5.21. The molecule has 0 heterocycles. The van der Waals surface area contributed by atoms with E-state index in [1.165, 1.54) is 102 Å². The summed E-state index contributed by atoms with van der Waals surface area (Å²) < 4.78 is 0. The molecular weight excluding hydrogens is 444 g/mol. The lowest BCUT2D eigenvalue weighted by Crippen LogP contribution is -2.29. The molecule has 0 N–H and O–H groups in total. The highest BCUT2D eigenvalue weighted by Gasteiger charge is 2.32. The minimum absolute atomic E-state index is 0.390. The summed E-state index contributed by atoms with van der Waals surface area (Å²) in [5, 5.41) is 0. The summed E-state index contributed by atoms with van der Waals surface area (Å²) in [5.41, 5.74) is 2.89. The van der Waals surface area contributed by atoms with Crippen LogP contribution in [-0.4, -0.2) is 0 Å². The predicted molar refractivity (Wildman–Crippen MR) is 172 cm³/mol. The van der Waals surface area contributed by atoms with Crippen molar-refractivity contribution in [2.45, 2.75) is 178 Å². The Morgan fingerprint density at radius 1 is 0.568 bits per heavy atom. The second-order valence-corrected chi connectivity index (χ2v) is 14.3. The van der Waals surface area contributed by atoms with Crippen molar-refractivity contribution in [3.05, 3.63) is 35.9 Å². The van der Waals surface area contributed by atoms with Gasteiger partial charge in [0.25, 0.3) is 0 Å². The second-order valence-electron chi connectivity index (χ2n) is 14.3. The first-order valence-corrected chi connectivity index (χ1v) is 16.5. The van der Waals surface area contributed by atoms with Crippen molar-refractivity contribution in [2.75, 3.05) is 0 Å². The Balaban J connectivity index is 0.00000410. The number of unbranched alkanes of at least 4 members (excludes halogenated alkanes) is 6. The molecule has 1 aromatic rings. The van der Waals surface area contributed by atoms with E-state index >= 15 is 0 Å². The summed E-state index contributed by atoms with van der Waals surface area (Å²) in [4.78, 5) is 0. The molecule has 0 aliphatic rings. The summed E-state index contributed by atoms with van der Waals surface area (Å²) in [6, 6.07) is 11.2. The molecule has 0 saturated carbocycles. The lowest BCUT2D eigenvalue weighted by atomic mass is 9.66. The summed E-state index contributed by atoms with van der Waals surface area (Å²) in [7, 11) is 0.